The maximum atomic E-state index is 14.6. The van der Waals surface area contributed by atoms with Gasteiger partial charge in [0.1, 0.15) is 0 Å². The molecular formula is C18H14F2N2O3. The van der Waals surface area contributed by atoms with Gasteiger partial charge in [-0.25, -0.2) is 0 Å². The average Bonchev–Trinajstić information content (AvgIpc) is 3.12. The summed E-state index contributed by atoms with van der Waals surface area (Å²) in [6.07, 6.45) is 1.90. The Balaban J connectivity index is 1.79. The van der Waals surface area contributed by atoms with Gasteiger partial charge in [-0.1, -0.05) is 12.1 Å². The van der Waals surface area contributed by atoms with Crippen molar-refractivity contribution >= 4 is 22.6 Å². The van der Waals surface area contributed by atoms with Crippen LogP contribution in [0.15, 0.2) is 47.2 Å². The molecule has 1 aliphatic heterocycles. The van der Waals surface area contributed by atoms with E-state index in [4.69, 9.17) is 4.42 Å². The number of halogens is 2. The average molecular weight is 344 g/mol. The van der Waals surface area contributed by atoms with Crippen molar-refractivity contribution in [1.29, 1.82) is 0 Å². The van der Waals surface area contributed by atoms with Crippen molar-refractivity contribution in [3.05, 3.63) is 59.6 Å². The quantitative estimate of drug-likeness (QED) is 0.789. The van der Waals surface area contributed by atoms with Crippen LogP contribution in [0.1, 0.15) is 29.8 Å². The van der Waals surface area contributed by atoms with Crippen LogP contribution in [0, 0.1) is 0 Å². The largest absolute Gasteiger partial charge is 0.463 e. The molecule has 2 aromatic heterocycles. The predicted octanol–water partition coefficient (Wildman–Crippen LogP) is 3.52. The first-order valence-electron chi connectivity index (χ1n) is 7.73. The molecule has 0 saturated carbocycles. The number of hydrogen-bond acceptors (Lipinski definition) is 4. The van der Waals surface area contributed by atoms with E-state index in [0.29, 0.717) is 11.3 Å². The number of rotatable bonds is 3. The van der Waals surface area contributed by atoms with E-state index in [9.17, 15) is 18.7 Å². The van der Waals surface area contributed by atoms with Crippen LogP contribution in [0.3, 0.4) is 0 Å². The van der Waals surface area contributed by atoms with E-state index in [-0.39, 0.29) is 17.8 Å². The van der Waals surface area contributed by atoms with Crippen molar-refractivity contribution in [3.8, 4) is 0 Å². The highest BCUT2D eigenvalue weighted by molar-refractivity contribution is 6.06. The van der Waals surface area contributed by atoms with Crippen LogP contribution in [0.4, 0.5) is 14.5 Å². The number of hydrogen-bond donors (Lipinski definition) is 1. The van der Waals surface area contributed by atoms with Crippen molar-refractivity contribution in [2.75, 3.05) is 4.90 Å². The number of nitrogens with zero attached hydrogens (tertiary/aromatic N) is 2. The lowest BCUT2D eigenvalue weighted by atomic mass is 9.98. The fourth-order valence-corrected chi connectivity index (χ4v) is 3.18. The molecule has 7 heteroatoms. The molecule has 1 aromatic carbocycles. The molecule has 0 bridgehead atoms. The van der Waals surface area contributed by atoms with Gasteiger partial charge >= 0.3 is 11.8 Å². The molecule has 1 aliphatic rings. The van der Waals surface area contributed by atoms with Crippen molar-refractivity contribution in [3.63, 3.8) is 0 Å². The molecule has 1 N–H and O–H groups in total. The van der Waals surface area contributed by atoms with Gasteiger partial charge in [-0.15, -0.1) is 0 Å². The lowest BCUT2D eigenvalue weighted by Crippen LogP contribution is -2.34. The molecule has 5 nitrogen and oxygen atoms in total. The number of carbonyl (C=O) groups is 1. The van der Waals surface area contributed by atoms with Gasteiger partial charge in [0, 0.05) is 5.39 Å². The Morgan fingerprint density at radius 1 is 1.36 bits per heavy atom. The number of amides is 1. The molecule has 3 heterocycles. The van der Waals surface area contributed by atoms with Gasteiger partial charge < -0.3 is 14.4 Å². The standard InChI is InChI=1S/C18H14F2N2O3/c1-10(23)13-3-2-4-14-16(13)18(19,20)17(24)22(14)9-12-7-11-5-6-25-15(11)8-21-12/h2-8,10,23H,9H2,1H3/t10-/m0/s1. The number of aromatic nitrogens is 1. The molecule has 0 aliphatic carbocycles. The summed E-state index contributed by atoms with van der Waals surface area (Å²) in [5, 5.41) is 10.6. The summed E-state index contributed by atoms with van der Waals surface area (Å²) in [7, 11) is 0. The van der Waals surface area contributed by atoms with Crippen LogP contribution in [-0.4, -0.2) is 16.0 Å². The molecule has 128 valence electrons. The molecule has 0 saturated heterocycles. The van der Waals surface area contributed by atoms with Crippen LogP contribution < -0.4 is 4.90 Å². The lowest BCUT2D eigenvalue weighted by molar-refractivity contribution is -0.141. The number of aliphatic hydroxyl groups excluding tert-OH is 1. The SMILES string of the molecule is C[C@H](O)c1cccc2c1C(F)(F)C(=O)N2Cc1cc2ccoc2cn1. The van der Waals surface area contributed by atoms with Crippen LogP contribution in [0.2, 0.25) is 0 Å². The van der Waals surface area contributed by atoms with Gasteiger partial charge in [0.05, 0.1) is 42.1 Å². The number of benzene rings is 1. The second kappa shape index (κ2) is 5.35. The normalized spacial score (nSPS) is 17.1. The number of anilines is 1. The number of fused-ring (bicyclic) bond motifs is 2. The summed E-state index contributed by atoms with van der Waals surface area (Å²) in [5.41, 5.74) is 0.769. The first kappa shape index (κ1) is 15.7. The maximum absolute atomic E-state index is 14.6. The Hall–Kier alpha value is -2.80. The van der Waals surface area contributed by atoms with Gasteiger partial charge in [-0.3, -0.25) is 9.78 Å². The summed E-state index contributed by atoms with van der Waals surface area (Å²) in [6, 6.07) is 7.84. The number of carbonyl (C=O) groups excluding carboxylic acids is 1. The van der Waals surface area contributed by atoms with Crippen molar-refractivity contribution < 1.29 is 23.1 Å². The summed E-state index contributed by atoms with van der Waals surface area (Å²) in [4.78, 5) is 17.5. The topological polar surface area (TPSA) is 66.6 Å². The lowest BCUT2D eigenvalue weighted by Gasteiger charge is -2.17. The van der Waals surface area contributed by atoms with Crippen molar-refractivity contribution in [1.82, 2.24) is 4.98 Å². The van der Waals surface area contributed by atoms with Gasteiger partial charge in [0.15, 0.2) is 5.58 Å². The van der Waals surface area contributed by atoms with Crippen molar-refractivity contribution in [2.45, 2.75) is 25.5 Å². The zero-order chi connectivity index (χ0) is 17.8. The first-order chi connectivity index (χ1) is 11.9. The summed E-state index contributed by atoms with van der Waals surface area (Å²) < 4.78 is 34.3. The van der Waals surface area contributed by atoms with E-state index in [1.165, 1.54) is 31.5 Å². The van der Waals surface area contributed by atoms with Gasteiger partial charge in [0.2, 0.25) is 0 Å². The zero-order valence-electron chi connectivity index (χ0n) is 13.2. The molecule has 3 aromatic rings. The smallest absolute Gasteiger partial charge is 0.352 e. The summed E-state index contributed by atoms with van der Waals surface area (Å²) in [6.45, 7) is 1.30. The van der Waals surface area contributed by atoms with Crippen LogP contribution in [-0.2, 0) is 17.3 Å². The van der Waals surface area contributed by atoms with E-state index in [1.807, 2.05) is 0 Å². The summed E-state index contributed by atoms with van der Waals surface area (Å²) >= 11 is 0. The fourth-order valence-electron chi connectivity index (χ4n) is 3.18. The Morgan fingerprint density at radius 3 is 2.92 bits per heavy atom. The van der Waals surface area contributed by atoms with Crippen LogP contribution >= 0.6 is 0 Å². The highest BCUT2D eigenvalue weighted by atomic mass is 19.3. The molecule has 4 rings (SSSR count). The van der Waals surface area contributed by atoms with E-state index >= 15 is 0 Å². The molecule has 0 unspecified atom stereocenters. The third-order valence-corrected chi connectivity index (χ3v) is 4.36. The van der Waals surface area contributed by atoms with Crippen molar-refractivity contribution in [2.24, 2.45) is 0 Å². The van der Waals surface area contributed by atoms with Crippen LogP contribution in [0.5, 0.6) is 0 Å². The number of furan rings is 1. The Bertz CT molecular complexity index is 981. The second-order valence-electron chi connectivity index (χ2n) is 6.02. The summed E-state index contributed by atoms with van der Waals surface area (Å²) in [5.74, 6) is -4.99. The first-order valence-corrected chi connectivity index (χ1v) is 7.73. The van der Waals surface area contributed by atoms with E-state index in [0.717, 1.165) is 10.3 Å². The van der Waals surface area contributed by atoms with Gasteiger partial charge in [-0.2, -0.15) is 8.78 Å². The molecule has 0 fully saturated rings. The fraction of sp³-hybridized carbons (Fsp3) is 0.222. The second-order valence-corrected chi connectivity index (χ2v) is 6.02. The molecular weight excluding hydrogens is 330 g/mol. The Labute approximate surface area is 141 Å². The van der Waals surface area contributed by atoms with Crippen LogP contribution in [0.25, 0.3) is 11.0 Å². The molecule has 1 amide bonds. The number of pyridine rings is 1. The number of aliphatic hydroxyl groups is 1. The van der Waals surface area contributed by atoms with E-state index in [1.54, 1.807) is 18.2 Å². The molecule has 0 spiro atoms. The van der Waals surface area contributed by atoms with Gasteiger partial charge in [0.25, 0.3) is 0 Å². The Morgan fingerprint density at radius 2 is 2.16 bits per heavy atom. The molecule has 1 atom stereocenters. The molecule has 0 radical (unpaired) electrons. The number of alkyl halides is 2. The minimum absolute atomic E-state index is 0.0524. The van der Waals surface area contributed by atoms with E-state index < -0.39 is 23.5 Å². The third-order valence-electron chi connectivity index (χ3n) is 4.36. The highest BCUT2D eigenvalue weighted by Crippen LogP contribution is 2.47. The minimum Gasteiger partial charge on any atom is -0.463 e. The maximum Gasteiger partial charge on any atom is 0.352 e. The molecule has 25 heavy (non-hydrogen) atoms. The van der Waals surface area contributed by atoms with E-state index in [2.05, 4.69) is 4.98 Å². The predicted molar refractivity (Wildman–Crippen MR) is 86.2 cm³/mol. The highest BCUT2D eigenvalue weighted by Gasteiger charge is 2.54. The van der Waals surface area contributed by atoms with Gasteiger partial charge in [-0.05, 0) is 30.7 Å². The third kappa shape index (κ3) is 2.31. The minimum atomic E-state index is -3.68. The monoisotopic (exact) mass is 344 g/mol. The zero-order valence-corrected chi connectivity index (χ0v) is 13.2. The Kier molecular flexibility index (Phi) is 3.36.